The van der Waals surface area contributed by atoms with Gasteiger partial charge in [-0.2, -0.15) is 14.4 Å². The largest absolute Gasteiger partial charge is 0.380 e. The molecule has 3 saturated heterocycles. The topological polar surface area (TPSA) is 65.3 Å². The number of aromatic nitrogens is 4. The van der Waals surface area contributed by atoms with Crippen molar-refractivity contribution in [2.45, 2.75) is 25.5 Å². The Bertz CT molecular complexity index is 746. The van der Waals surface area contributed by atoms with E-state index >= 15 is 0 Å². The summed E-state index contributed by atoms with van der Waals surface area (Å²) in [4.78, 5) is 14.5. The molecule has 7 nitrogen and oxygen atoms in total. The highest BCUT2D eigenvalue weighted by atomic mass is 19.1. The normalized spacial score (nSPS) is 26.3. The summed E-state index contributed by atoms with van der Waals surface area (Å²) in [7, 11) is 0. The molecule has 0 saturated carbocycles. The lowest BCUT2D eigenvalue weighted by Crippen LogP contribution is -2.66. The van der Waals surface area contributed by atoms with Gasteiger partial charge < -0.3 is 14.4 Å². The van der Waals surface area contributed by atoms with Crippen molar-refractivity contribution in [2.24, 2.45) is 5.41 Å². The number of fused-ring (bicyclic) bond motifs is 1. The van der Waals surface area contributed by atoms with Gasteiger partial charge in [-0.15, -0.1) is 0 Å². The minimum Gasteiger partial charge on any atom is -0.380 e. The van der Waals surface area contributed by atoms with Gasteiger partial charge in [0.15, 0.2) is 17.0 Å². The highest BCUT2D eigenvalue weighted by Crippen LogP contribution is 2.41. The maximum absolute atomic E-state index is 14.0. The number of nitrogens with zero attached hydrogens (tertiary/aromatic N) is 5. The van der Waals surface area contributed by atoms with Crippen LogP contribution in [0.4, 0.5) is 10.2 Å². The van der Waals surface area contributed by atoms with Crippen LogP contribution in [0.3, 0.4) is 0 Å². The maximum atomic E-state index is 14.0. The first-order chi connectivity index (χ1) is 11.2. The average Bonchev–Trinajstić information content (AvgIpc) is 2.89. The molecule has 5 rings (SSSR count). The first-order valence-electron chi connectivity index (χ1n) is 8.09. The van der Waals surface area contributed by atoms with Gasteiger partial charge >= 0.3 is 6.08 Å². The monoisotopic (exact) mass is 319 g/mol. The van der Waals surface area contributed by atoms with Crippen molar-refractivity contribution in [3.63, 3.8) is 0 Å². The molecule has 0 aliphatic carbocycles. The van der Waals surface area contributed by atoms with E-state index in [2.05, 4.69) is 19.9 Å². The van der Waals surface area contributed by atoms with E-state index in [1.807, 2.05) is 4.57 Å². The summed E-state index contributed by atoms with van der Waals surface area (Å²) in [5.74, 6) is 0.583. The highest BCUT2D eigenvalue weighted by Gasteiger charge is 2.50. The third kappa shape index (κ3) is 2.05. The van der Waals surface area contributed by atoms with Gasteiger partial charge in [0.05, 0.1) is 25.0 Å². The second kappa shape index (κ2) is 4.85. The number of imidazole rings is 1. The molecule has 0 amide bonds. The van der Waals surface area contributed by atoms with E-state index in [4.69, 9.17) is 9.47 Å². The van der Waals surface area contributed by atoms with Crippen molar-refractivity contribution in [1.29, 1.82) is 0 Å². The van der Waals surface area contributed by atoms with Gasteiger partial charge in [-0.3, -0.25) is 4.57 Å². The first-order valence-corrected chi connectivity index (χ1v) is 8.09. The summed E-state index contributed by atoms with van der Waals surface area (Å²) in [6.07, 6.45) is 3.93. The molecule has 2 aromatic heterocycles. The second-order valence-corrected chi connectivity index (χ2v) is 6.81. The predicted molar refractivity (Wildman–Crippen MR) is 79.6 cm³/mol. The molecule has 3 fully saturated rings. The minimum atomic E-state index is -0.712. The van der Waals surface area contributed by atoms with E-state index < -0.39 is 6.08 Å². The van der Waals surface area contributed by atoms with E-state index in [0.29, 0.717) is 17.0 Å². The third-order valence-electron chi connectivity index (χ3n) is 5.01. The SMILES string of the molecule is Fc1nc(N2CC3(COC3)C2)c2ncn(C3CCCCO3)c2n1. The second-order valence-electron chi connectivity index (χ2n) is 6.81. The molecular formula is C15H18FN5O2. The van der Waals surface area contributed by atoms with Gasteiger partial charge in [0.25, 0.3) is 0 Å². The number of halogens is 1. The highest BCUT2D eigenvalue weighted by molar-refractivity contribution is 5.84. The average molecular weight is 319 g/mol. The molecule has 1 spiro atoms. The van der Waals surface area contributed by atoms with E-state index in [-0.39, 0.29) is 11.6 Å². The van der Waals surface area contributed by atoms with Gasteiger partial charge in [-0.1, -0.05) is 0 Å². The van der Waals surface area contributed by atoms with Crippen LogP contribution in [0.1, 0.15) is 25.5 Å². The molecule has 1 atom stereocenters. The van der Waals surface area contributed by atoms with Gasteiger partial charge in [0.2, 0.25) is 0 Å². The Labute approximate surface area is 132 Å². The molecule has 0 aromatic carbocycles. The van der Waals surface area contributed by atoms with Gasteiger partial charge in [-0.05, 0) is 19.3 Å². The third-order valence-corrected chi connectivity index (χ3v) is 5.01. The van der Waals surface area contributed by atoms with E-state index in [9.17, 15) is 4.39 Å². The molecule has 0 N–H and O–H groups in total. The van der Waals surface area contributed by atoms with Crippen LogP contribution in [0.5, 0.6) is 0 Å². The van der Waals surface area contributed by atoms with Crippen LogP contribution in [0, 0.1) is 11.5 Å². The fourth-order valence-electron chi connectivity index (χ4n) is 3.74. The zero-order valence-electron chi connectivity index (χ0n) is 12.7. The molecular weight excluding hydrogens is 301 g/mol. The van der Waals surface area contributed by atoms with Crippen molar-refractivity contribution in [3.8, 4) is 0 Å². The molecule has 23 heavy (non-hydrogen) atoms. The summed E-state index contributed by atoms with van der Waals surface area (Å²) in [5, 5.41) is 0. The first kappa shape index (κ1) is 13.6. The summed E-state index contributed by atoms with van der Waals surface area (Å²) in [6, 6.07) is 0. The van der Waals surface area contributed by atoms with Crippen LogP contribution in [0.15, 0.2) is 6.33 Å². The quantitative estimate of drug-likeness (QED) is 0.782. The Morgan fingerprint density at radius 2 is 2.09 bits per heavy atom. The van der Waals surface area contributed by atoms with E-state index in [0.717, 1.165) is 52.2 Å². The van der Waals surface area contributed by atoms with Crippen LogP contribution in [-0.4, -0.2) is 52.4 Å². The molecule has 5 heterocycles. The van der Waals surface area contributed by atoms with Crippen LogP contribution in [-0.2, 0) is 9.47 Å². The Morgan fingerprint density at radius 3 is 2.78 bits per heavy atom. The van der Waals surface area contributed by atoms with Crippen LogP contribution >= 0.6 is 0 Å². The summed E-state index contributed by atoms with van der Waals surface area (Å²) in [6.45, 7) is 3.96. The number of rotatable bonds is 2. The number of hydrogen-bond donors (Lipinski definition) is 0. The fraction of sp³-hybridized carbons (Fsp3) is 0.667. The predicted octanol–water partition coefficient (Wildman–Crippen LogP) is 1.50. The smallest absolute Gasteiger partial charge is 0.312 e. The standard InChI is InChI=1S/C15H18FN5O2/c16-14-18-12(20-5-15(6-20)7-22-8-15)11-13(19-14)21(9-17-11)10-3-1-2-4-23-10/h9-10H,1-8H2. The molecule has 8 heteroatoms. The van der Waals surface area contributed by atoms with Gasteiger partial charge in [0, 0.05) is 19.7 Å². The minimum absolute atomic E-state index is 0.112. The van der Waals surface area contributed by atoms with Crippen molar-refractivity contribution in [2.75, 3.05) is 37.8 Å². The number of hydrogen-bond acceptors (Lipinski definition) is 6. The van der Waals surface area contributed by atoms with Crippen molar-refractivity contribution < 1.29 is 13.9 Å². The maximum Gasteiger partial charge on any atom is 0.312 e. The van der Waals surface area contributed by atoms with Crippen molar-refractivity contribution >= 4 is 17.0 Å². The molecule has 2 aromatic rings. The number of ether oxygens (including phenoxy) is 2. The Kier molecular flexibility index (Phi) is 2.87. The van der Waals surface area contributed by atoms with Crippen molar-refractivity contribution in [3.05, 3.63) is 12.4 Å². The molecule has 0 bridgehead atoms. The zero-order chi connectivity index (χ0) is 15.4. The van der Waals surface area contributed by atoms with E-state index in [1.54, 1.807) is 6.33 Å². The molecule has 0 radical (unpaired) electrons. The molecule has 1 unspecified atom stereocenters. The summed E-state index contributed by atoms with van der Waals surface area (Å²) < 4.78 is 26.9. The lowest BCUT2D eigenvalue weighted by Gasteiger charge is -2.55. The Morgan fingerprint density at radius 1 is 1.22 bits per heavy atom. The number of anilines is 1. The lowest BCUT2D eigenvalue weighted by atomic mass is 9.78. The lowest BCUT2D eigenvalue weighted by molar-refractivity contribution is -0.127. The van der Waals surface area contributed by atoms with Gasteiger partial charge in [0.1, 0.15) is 6.23 Å². The van der Waals surface area contributed by atoms with E-state index in [1.165, 1.54) is 0 Å². The van der Waals surface area contributed by atoms with Crippen LogP contribution in [0.2, 0.25) is 0 Å². The zero-order valence-corrected chi connectivity index (χ0v) is 12.7. The Balaban J connectivity index is 1.51. The molecule has 3 aliphatic heterocycles. The Hall–Kier alpha value is -1.80. The fourth-order valence-corrected chi connectivity index (χ4v) is 3.74. The van der Waals surface area contributed by atoms with Crippen molar-refractivity contribution in [1.82, 2.24) is 19.5 Å². The summed E-state index contributed by atoms with van der Waals surface area (Å²) >= 11 is 0. The molecule has 122 valence electrons. The van der Waals surface area contributed by atoms with Crippen LogP contribution < -0.4 is 4.90 Å². The summed E-state index contributed by atoms with van der Waals surface area (Å²) in [5.41, 5.74) is 1.41. The molecule has 3 aliphatic rings. The van der Waals surface area contributed by atoms with Crippen LogP contribution in [0.25, 0.3) is 11.2 Å². The van der Waals surface area contributed by atoms with Gasteiger partial charge in [-0.25, -0.2) is 4.98 Å².